The molecule has 11 aromatic rings. The van der Waals surface area contributed by atoms with E-state index in [1.54, 1.807) is 0 Å². The van der Waals surface area contributed by atoms with Crippen LogP contribution >= 0.6 is 0 Å². The van der Waals surface area contributed by atoms with Gasteiger partial charge < -0.3 is 9.47 Å². The van der Waals surface area contributed by atoms with E-state index in [-0.39, 0.29) is 0 Å². The van der Waals surface area contributed by atoms with Crippen LogP contribution in [0.4, 0.5) is 17.1 Å². The monoisotopic (exact) mass is 748 g/mol. The molecule has 0 bridgehead atoms. The lowest BCUT2D eigenvalue weighted by Gasteiger charge is -2.40. The van der Waals surface area contributed by atoms with Crippen molar-refractivity contribution >= 4 is 60.4 Å². The molecule has 0 N–H and O–H groups in total. The van der Waals surface area contributed by atoms with Gasteiger partial charge in [-0.2, -0.15) is 0 Å². The normalized spacial score (nSPS) is 14.8. The number of fused-ring (bicyclic) bond motifs is 13. The van der Waals surface area contributed by atoms with E-state index in [1.807, 2.05) is 0 Å². The summed E-state index contributed by atoms with van der Waals surface area (Å²) in [5.74, 6) is 0. The predicted molar refractivity (Wildman–Crippen MR) is 247 cm³/mol. The maximum Gasteiger partial charge on any atom is 0.0726 e. The molecule has 2 aliphatic rings. The van der Waals surface area contributed by atoms with Gasteiger partial charge in [-0.1, -0.05) is 164 Å². The molecule has 1 heterocycles. The Labute approximate surface area is 342 Å². The highest BCUT2D eigenvalue weighted by Crippen LogP contribution is 2.62. The smallest absolute Gasteiger partial charge is 0.0726 e. The van der Waals surface area contributed by atoms with Gasteiger partial charge in [0.2, 0.25) is 0 Å². The van der Waals surface area contributed by atoms with Gasteiger partial charge >= 0.3 is 0 Å². The highest BCUT2D eigenvalue weighted by atomic mass is 15.1. The predicted octanol–water partition coefficient (Wildman–Crippen LogP) is 14.9. The lowest BCUT2D eigenvalue weighted by Crippen LogP contribution is -2.32. The molecule has 2 aliphatic carbocycles. The summed E-state index contributed by atoms with van der Waals surface area (Å²) in [5.41, 5.74) is 16.9. The zero-order chi connectivity index (χ0) is 38.7. The molecule has 0 saturated carbocycles. The van der Waals surface area contributed by atoms with Gasteiger partial charge in [-0.3, -0.25) is 0 Å². The molecule has 59 heavy (non-hydrogen) atoms. The first-order valence-electron chi connectivity index (χ1n) is 20.5. The van der Waals surface area contributed by atoms with E-state index in [0.717, 1.165) is 22.7 Å². The minimum absolute atomic E-state index is 0.499. The highest BCUT2D eigenvalue weighted by molar-refractivity contribution is 6.11. The summed E-state index contributed by atoms with van der Waals surface area (Å²) < 4.78 is 2.44. The van der Waals surface area contributed by atoms with Crippen LogP contribution in [-0.4, -0.2) is 4.57 Å². The molecule has 274 valence electrons. The maximum absolute atomic E-state index is 2.49. The average Bonchev–Trinajstić information content (AvgIpc) is 3.78. The summed E-state index contributed by atoms with van der Waals surface area (Å²) in [6, 6.07) is 81.2. The van der Waals surface area contributed by atoms with Gasteiger partial charge in [0, 0.05) is 33.5 Å². The van der Waals surface area contributed by atoms with Crippen molar-refractivity contribution in [1.82, 2.24) is 4.57 Å². The van der Waals surface area contributed by atoms with Crippen LogP contribution in [0.2, 0.25) is 0 Å². The Morgan fingerprint density at radius 1 is 0.322 bits per heavy atom. The second kappa shape index (κ2) is 12.2. The molecule has 0 fully saturated rings. The van der Waals surface area contributed by atoms with Crippen LogP contribution in [0.1, 0.15) is 22.3 Å². The van der Waals surface area contributed by atoms with Crippen molar-refractivity contribution in [3.05, 3.63) is 241 Å². The number of hydrogen-bond acceptors (Lipinski definition) is 1. The molecule has 1 unspecified atom stereocenters. The molecular weight excluding hydrogens is 713 g/mol. The largest absolute Gasteiger partial charge is 0.310 e. The second-order valence-corrected chi connectivity index (χ2v) is 16.0. The van der Waals surface area contributed by atoms with Crippen molar-refractivity contribution in [3.63, 3.8) is 0 Å². The Balaban J connectivity index is 1.09. The summed E-state index contributed by atoms with van der Waals surface area (Å²) in [6.07, 6.45) is 0. The maximum atomic E-state index is 2.49. The molecule has 0 aliphatic heterocycles. The van der Waals surface area contributed by atoms with Gasteiger partial charge in [-0.15, -0.1) is 0 Å². The quantitative estimate of drug-likeness (QED) is 0.174. The summed E-state index contributed by atoms with van der Waals surface area (Å²) >= 11 is 0. The van der Waals surface area contributed by atoms with Gasteiger partial charge in [0.05, 0.1) is 16.4 Å². The third-order valence-electron chi connectivity index (χ3n) is 13.1. The Kier molecular flexibility index (Phi) is 6.68. The minimum Gasteiger partial charge on any atom is -0.310 e. The summed E-state index contributed by atoms with van der Waals surface area (Å²) in [6.45, 7) is 0. The Morgan fingerprint density at radius 3 is 1.76 bits per heavy atom. The SMILES string of the molecule is c1ccc(N(c2ccc3c(c2)C2(c4ccccc4-3)c3ccccc3-c3cccc4cccc2c34)c2ccc3c4ccccc4n(-c4ccc5ccccc5c4)c3c2)cc1. The fraction of sp³-hybridized carbons (Fsp3) is 0.0175. The molecule has 2 nitrogen and oxygen atoms in total. The van der Waals surface area contributed by atoms with Gasteiger partial charge in [0.1, 0.15) is 0 Å². The molecule has 2 heteroatoms. The molecule has 0 radical (unpaired) electrons. The van der Waals surface area contributed by atoms with Crippen LogP contribution in [0, 0.1) is 0 Å². The zero-order valence-electron chi connectivity index (χ0n) is 32.2. The van der Waals surface area contributed by atoms with Gasteiger partial charge in [0.25, 0.3) is 0 Å². The standard InChI is InChI=1S/C57H36N2/c1-2-18-40(19-3-1)58(43-31-33-48-47-22-8-11-27-54(47)59(55(48)36-43)41-29-28-37-14-4-5-15-39(37)34-41)42-30-32-46-44-20-6-9-24-50(44)57(53(46)35-42)51-25-10-7-21-45(51)49-23-12-16-38-17-13-26-52(57)56(38)49/h1-36H. The molecule has 10 aromatic carbocycles. The second-order valence-electron chi connectivity index (χ2n) is 16.0. The van der Waals surface area contributed by atoms with Gasteiger partial charge in [-0.05, 0) is 121 Å². The first kappa shape index (κ1) is 32.4. The van der Waals surface area contributed by atoms with Crippen molar-refractivity contribution < 1.29 is 0 Å². The first-order chi connectivity index (χ1) is 29.3. The third kappa shape index (κ3) is 4.40. The van der Waals surface area contributed by atoms with Crippen LogP contribution < -0.4 is 4.90 Å². The van der Waals surface area contributed by atoms with Gasteiger partial charge in [-0.25, -0.2) is 0 Å². The fourth-order valence-corrected chi connectivity index (χ4v) is 10.8. The molecule has 1 spiro atoms. The Morgan fingerprint density at radius 2 is 0.915 bits per heavy atom. The van der Waals surface area contributed by atoms with Crippen LogP contribution in [0.15, 0.2) is 218 Å². The highest BCUT2D eigenvalue weighted by Gasteiger charge is 2.50. The zero-order valence-corrected chi connectivity index (χ0v) is 32.2. The number of aromatic nitrogens is 1. The van der Waals surface area contributed by atoms with Crippen molar-refractivity contribution in [3.8, 4) is 27.9 Å². The fourth-order valence-electron chi connectivity index (χ4n) is 10.8. The van der Waals surface area contributed by atoms with Gasteiger partial charge in [0.15, 0.2) is 0 Å². The number of benzene rings is 10. The topological polar surface area (TPSA) is 8.17 Å². The molecule has 0 saturated heterocycles. The first-order valence-corrected chi connectivity index (χ1v) is 20.5. The van der Waals surface area contributed by atoms with Crippen LogP contribution in [0.25, 0.3) is 71.3 Å². The average molecular weight is 749 g/mol. The number of anilines is 3. The third-order valence-corrected chi connectivity index (χ3v) is 13.1. The summed E-state index contributed by atoms with van der Waals surface area (Å²) in [4.78, 5) is 2.45. The number of rotatable bonds is 4. The lowest BCUT2D eigenvalue weighted by atomic mass is 9.61. The number of nitrogens with zero attached hydrogens (tertiary/aromatic N) is 2. The van der Waals surface area contributed by atoms with E-state index in [1.165, 1.54) is 87.9 Å². The summed E-state index contributed by atoms with van der Waals surface area (Å²) in [7, 11) is 0. The molecule has 13 rings (SSSR count). The van der Waals surface area contributed by atoms with E-state index in [2.05, 4.69) is 228 Å². The minimum atomic E-state index is -0.499. The van der Waals surface area contributed by atoms with Crippen LogP contribution in [0.5, 0.6) is 0 Å². The van der Waals surface area contributed by atoms with Crippen molar-refractivity contribution in [2.75, 3.05) is 4.90 Å². The van der Waals surface area contributed by atoms with E-state index >= 15 is 0 Å². The number of hydrogen-bond donors (Lipinski definition) is 0. The molecule has 1 atom stereocenters. The summed E-state index contributed by atoms with van der Waals surface area (Å²) in [5, 5.41) is 7.57. The molecule has 0 amide bonds. The molecular formula is C57H36N2. The lowest BCUT2D eigenvalue weighted by molar-refractivity contribution is 0.773. The van der Waals surface area contributed by atoms with Crippen molar-refractivity contribution in [2.45, 2.75) is 5.41 Å². The van der Waals surface area contributed by atoms with E-state index in [9.17, 15) is 0 Å². The van der Waals surface area contributed by atoms with Crippen molar-refractivity contribution in [1.29, 1.82) is 0 Å². The molecule has 1 aromatic heterocycles. The van der Waals surface area contributed by atoms with E-state index < -0.39 is 5.41 Å². The van der Waals surface area contributed by atoms with Crippen LogP contribution in [-0.2, 0) is 5.41 Å². The Hall–Kier alpha value is -7.68. The number of para-hydroxylation sites is 2. The van der Waals surface area contributed by atoms with E-state index in [0.29, 0.717) is 0 Å². The van der Waals surface area contributed by atoms with Crippen LogP contribution in [0.3, 0.4) is 0 Å². The Bertz CT molecular complexity index is 3510. The van der Waals surface area contributed by atoms with E-state index in [4.69, 9.17) is 0 Å². The van der Waals surface area contributed by atoms with Crippen molar-refractivity contribution in [2.24, 2.45) is 0 Å².